The fraction of sp³-hybridized carbons (Fsp3) is 0.105. The lowest BCUT2D eigenvalue weighted by Gasteiger charge is -2.11. The molecule has 0 aliphatic rings. The normalized spacial score (nSPS) is 10.4. The van der Waals surface area contributed by atoms with Crippen molar-refractivity contribution in [3.8, 4) is 0 Å². The van der Waals surface area contributed by atoms with Gasteiger partial charge in [0.05, 0.1) is 5.56 Å². The Morgan fingerprint density at radius 3 is 2.04 bits per heavy atom. The summed E-state index contributed by atoms with van der Waals surface area (Å²) in [5, 5.41) is 7.60. The maximum Gasteiger partial charge on any atom is 0.339 e. The number of ether oxygens (including phenoxy) is 1. The van der Waals surface area contributed by atoms with Crippen LogP contribution in [-0.2, 0) is 9.53 Å². The second kappa shape index (κ2) is 7.00. The maximum absolute atomic E-state index is 12.6. The van der Waals surface area contributed by atoms with Gasteiger partial charge < -0.3 is 10.1 Å². The number of benzene rings is 3. The van der Waals surface area contributed by atoms with Crippen LogP contribution < -0.4 is 10.6 Å². The number of amides is 3. The van der Waals surface area contributed by atoms with Crippen LogP contribution in [0.4, 0.5) is 4.79 Å². The van der Waals surface area contributed by atoms with Gasteiger partial charge in [-0.3, -0.25) is 10.1 Å². The van der Waals surface area contributed by atoms with Gasteiger partial charge in [-0.25, -0.2) is 9.59 Å². The van der Waals surface area contributed by atoms with Crippen LogP contribution in [0.2, 0.25) is 0 Å². The summed E-state index contributed by atoms with van der Waals surface area (Å²) in [6.45, 7) is -0.538. The van der Waals surface area contributed by atoms with E-state index >= 15 is 0 Å². The van der Waals surface area contributed by atoms with Gasteiger partial charge in [-0.05, 0) is 27.6 Å². The molecule has 0 aliphatic heterocycles. The summed E-state index contributed by atoms with van der Waals surface area (Å²) < 4.78 is 5.12. The molecule has 0 heterocycles. The highest BCUT2D eigenvalue weighted by Gasteiger charge is 2.17. The molecule has 0 atom stereocenters. The first kappa shape index (κ1) is 16.4. The number of carbonyl (C=O) groups excluding carboxylic acids is 3. The van der Waals surface area contributed by atoms with Crippen LogP contribution in [0.5, 0.6) is 0 Å². The molecule has 0 unspecified atom stereocenters. The molecule has 3 aromatic carbocycles. The van der Waals surface area contributed by atoms with Crippen molar-refractivity contribution in [2.75, 3.05) is 13.7 Å². The molecular weight excluding hydrogens is 320 g/mol. The lowest BCUT2D eigenvalue weighted by atomic mass is 9.97. The molecule has 3 aromatic rings. The largest absolute Gasteiger partial charge is 0.452 e. The van der Waals surface area contributed by atoms with Gasteiger partial charge in [0, 0.05) is 7.05 Å². The van der Waals surface area contributed by atoms with Crippen LogP contribution in [-0.4, -0.2) is 31.6 Å². The van der Waals surface area contributed by atoms with Crippen molar-refractivity contribution >= 4 is 39.5 Å². The zero-order valence-corrected chi connectivity index (χ0v) is 13.5. The fourth-order valence-corrected chi connectivity index (χ4v) is 2.66. The van der Waals surface area contributed by atoms with E-state index in [1.165, 1.54) is 7.05 Å². The van der Waals surface area contributed by atoms with Crippen molar-refractivity contribution in [2.24, 2.45) is 0 Å². The average Bonchev–Trinajstić information content (AvgIpc) is 2.64. The van der Waals surface area contributed by atoms with Crippen molar-refractivity contribution in [1.82, 2.24) is 10.6 Å². The van der Waals surface area contributed by atoms with Crippen molar-refractivity contribution < 1.29 is 19.1 Å². The van der Waals surface area contributed by atoms with E-state index in [-0.39, 0.29) is 0 Å². The standard InChI is InChI=1S/C19H16N2O4/c1-20-19(24)21-16(22)11-25-18(23)17-14-8-4-2-6-12(14)10-13-7-3-5-9-15(13)17/h2-10H,11H2,1H3,(H2,20,21,22,24). The molecule has 0 saturated heterocycles. The highest BCUT2D eigenvalue weighted by molar-refractivity contribution is 6.16. The fourth-order valence-electron chi connectivity index (χ4n) is 2.66. The molecule has 0 radical (unpaired) electrons. The Morgan fingerprint density at radius 1 is 0.920 bits per heavy atom. The van der Waals surface area contributed by atoms with Gasteiger partial charge in [0.1, 0.15) is 0 Å². The van der Waals surface area contributed by atoms with Crippen LogP contribution in [0.3, 0.4) is 0 Å². The highest BCUT2D eigenvalue weighted by Crippen LogP contribution is 2.28. The SMILES string of the molecule is CNC(=O)NC(=O)COC(=O)c1c2ccccc2cc2ccccc12. The van der Waals surface area contributed by atoms with E-state index in [0.717, 1.165) is 21.5 Å². The Hall–Kier alpha value is -3.41. The summed E-state index contributed by atoms with van der Waals surface area (Å²) in [4.78, 5) is 35.4. The van der Waals surface area contributed by atoms with Crippen LogP contribution in [0.1, 0.15) is 10.4 Å². The minimum absolute atomic E-state index is 0.404. The second-order valence-corrected chi connectivity index (χ2v) is 5.40. The van der Waals surface area contributed by atoms with Gasteiger partial charge >= 0.3 is 12.0 Å². The summed E-state index contributed by atoms with van der Waals surface area (Å²) in [5.41, 5.74) is 0.404. The van der Waals surface area contributed by atoms with E-state index in [2.05, 4.69) is 5.32 Å². The molecule has 2 N–H and O–H groups in total. The number of urea groups is 1. The lowest BCUT2D eigenvalue weighted by molar-refractivity contribution is -0.123. The number of hydrogen-bond acceptors (Lipinski definition) is 4. The van der Waals surface area contributed by atoms with Crippen molar-refractivity contribution in [2.45, 2.75) is 0 Å². The second-order valence-electron chi connectivity index (χ2n) is 5.40. The van der Waals surface area contributed by atoms with Crippen molar-refractivity contribution in [3.63, 3.8) is 0 Å². The van der Waals surface area contributed by atoms with Gasteiger partial charge in [0.25, 0.3) is 5.91 Å². The van der Waals surface area contributed by atoms with Crippen molar-refractivity contribution in [1.29, 1.82) is 0 Å². The molecular formula is C19H16N2O4. The molecule has 0 aliphatic carbocycles. The number of fused-ring (bicyclic) bond motifs is 2. The zero-order chi connectivity index (χ0) is 17.8. The monoisotopic (exact) mass is 336 g/mol. The Labute approximate surface area is 143 Å². The Morgan fingerprint density at radius 2 is 1.48 bits per heavy atom. The van der Waals surface area contributed by atoms with Crippen LogP contribution in [0.25, 0.3) is 21.5 Å². The molecule has 6 heteroatoms. The number of carbonyl (C=O) groups is 3. The zero-order valence-electron chi connectivity index (χ0n) is 13.5. The molecule has 3 rings (SSSR count). The summed E-state index contributed by atoms with van der Waals surface area (Å²) in [6, 6.07) is 16.3. The molecule has 6 nitrogen and oxygen atoms in total. The molecule has 0 saturated carbocycles. The molecule has 0 spiro atoms. The number of esters is 1. The van der Waals surface area contributed by atoms with E-state index < -0.39 is 24.5 Å². The average molecular weight is 336 g/mol. The quantitative estimate of drug-likeness (QED) is 0.569. The van der Waals surface area contributed by atoms with E-state index in [0.29, 0.717) is 5.56 Å². The third kappa shape index (κ3) is 3.42. The van der Waals surface area contributed by atoms with E-state index in [4.69, 9.17) is 4.74 Å². The molecule has 25 heavy (non-hydrogen) atoms. The Balaban J connectivity index is 1.94. The van der Waals surface area contributed by atoms with Crippen molar-refractivity contribution in [3.05, 3.63) is 60.2 Å². The molecule has 3 amide bonds. The highest BCUT2D eigenvalue weighted by atomic mass is 16.5. The third-order valence-electron chi connectivity index (χ3n) is 3.79. The summed E-state index contributed by atoms with van der Waals surface area (Å²) in [5.74, 6) is -1.31. The summed E-state index contributed by atoms with van der Waals surface area (Å²) in [7, 11) is 1.39. The Kier molecular flexibility index (Phi) is 4.61. The molecule has 0 bridgehead atoms. The predicted molar refractivity (Wildman–Crippen MR) is 94.3 cm³/mol. The van der Waals surface area contributed by atoms with Gasteiger partial charge in [-0.2, -0.15) is 0 Å². The van der Waals surface area contributed by atoms with Crippen LogP contribution in [0, 0.1) is 0 Å². The summed E-state index contributed by atoms with van der Waals surface area (Å²) >= 11 is 0. The molecule has 0 aromatic heterocycles. The first-order valence-corrected chi connectivity index (χ1v) is 7.69. The number of imide groups is 1. The van der Waals surface area contributed by atoms with Gasteiger partial charge in [-0.15, -0.1) is 0 Å². The number of hydrogen-bond donors (Lipinski definition) is 2. The van der Waals surface area contributed by atoms with Crippen LogP contribution in [0.15, 0.2) is 54.6 Å². The molecule has 0 fully saturated rings. The minimum atomic E-state index is -0.697. The molecule has 126 valence electrons. The third-order valence-corrected chi connectivity index (χ3v) is 3.79. The number of nitrogens with one attached hydrogen (secondary N) is 2. The van der Waals surface area contributed by atoms with Gasteiger partial charge in [0.2, 0.25) is 0 Å². The minimum Gasteiger partial charge on any atom is -0.452 e. The Bertz CT molecular complexity index is 927. The predicted octanol–water partition coefficient (Wildman–Crippen LogP) is 2.61. The van der Waals surface area contributed by atoms with E-state index in [1.54, 1.807) is 0 Å². The lowest BCUT2D eigenvalue weighted by Crippen LogP contribution is -2.39. The smallest absolute Gasteiger partial charge is 0.339 e. The summed E-state index contributed by atoms with van der Waals surface area (Å²) in [6.07, 6.45) is 0. The topological polar surface area (TPSA) is 84.5 Å². The van der Waals surface area contributed by atoms with Crippen LogP contribution >= 0.6 is 0 Å². The number of rotatable bonds is 3. The van der Waals surface area contributed by atoms with E-state index in [1.807, 2.05) is 59.9 Å². The maximum atomic E-state index is 12.6. The van der Waals surface area contributed by atoms with Gasteiger partial charge in [0.15, 0.2) is 6.61 Å². The first-order valence-electron chi connectivity index (χ1n) is 7.69. The van der Waals surface area contributed by atoms with Gasteiger partial charge in [-0.1, -0.05) is 48.5 Å². The van der Waals surface area contributed by atoms with E-state index in [9.17, 15) is 14.4 Å². The first-order chi connectivity index (χ1) is 12.1.